The van der Waals surface area contributed by atoms with Crippen LogP contribution in [0.3, 0.4) is 0 Å². The summed E-state index contributed by atoms with van der Waals surface area (Å²) in [6, 6.07) is 2.87. The quantitative estimate of drug-likeness (QED) is 0.683. The Hall–Kier alpha value is -2.21. The van der Waals surface area contributed by atoms with E-state index in [0.29, 0.717) is 22.1 Å². The summed E-state index contributed by atoms with van der Waals surface area (Å²) >= 11 is 6.22. The van der Waals surface area contributed by atoms with Gasteiger partial charge in [-0.2, -0.15) is 0 Å². The minimum atomic E-state index is -0.464. The molecule has 0 unspecified atom stereocenters. The fourth-order valence-electron chi connectivity index (χ4n) is 1.96. The lowest BCUT2D eigenvalue weighted by Gasteiger charge is -2.15. The van der Waals surface area contributed by atoms with Crippen LogP contribution in [-0.4, -0.2) is 37.1 Å². The SMILES string of the molecule is COc1cc(/C=C2/NC(=O)N(C)C2=O)cc(Cl)c1OC(C)C. The molecule has 6 nitrogen and oxygen atoms in total. The van der Waals surface area contributed by atoms with Crippen molar-refractivity contribution in [2.75, 3.05) is 14.2 Å². The highest BCUT2D eigenvalue weighted by atomic mass is 35.5. The molecule has 0 atom stereocenters. The largest absolute Gasteiger partial charge is 0.493 e. The molecule has 118 valence electrons. The van der Waals surface area contributed by atoms with Crippen molar-refractivity contribution in [3.63, 3.8) is 0 Å². The first-order valence-corrected chi connectivity index (χ1v) is 7.06. The van der Waals surface area contributed by atoms with Gasteiger partial charge in [0.2, 0.25) is 0 Å². The molecule has 1 aliphatic heterocycles. The molecule has 0 saturated carbocycles. The lowest BCUT2D eigenvalue weighted by Crippen LogP contribution is -2.25. The number of ether oxygens (including phenoxy) is 2. The number of nitrogens with zero attached hydrogens (tertiary/aromatic N) is 1. The molecule has 1 heterocycles. The van der Waals surface area contributed by atoms with Gasteiger partial charge in [0.1, 0.15) is 5.70 Å². The Labute approximate surface area is 133 Å². The molecule has 1 aliphatic rings. The highest BCUT2D eigenvalue weighted by Crippen LogP contribution is 2.37. The molecule has 1 saturated heterocycles. The van der Waals surface area contributed by atoms with Crippen molar-refractivity contribution in [1.82, 2.24) is 10.2 Å². The second-order valence-corrected chi connectivity index (χ2v) is 5.46. The number of carbonyl (C=O) groups is 2. The summed E-state index contributed by atoms with van der Waals surface area (Å²) in [5, 5.41) is 2.85. The van der Waals surface area contributed by atoms with Crippen molar-refractivity contribution in [2.24, 2.45) is 0 Å². The van der Waals surface area contributed by atoms with Gasteiger partial charge in [-0.15, -0.1) is 0 Å². The van der Waals surface area contributed by atoms with Gasteiger partial charge in [0.05, 0.1) is 18.2 Å². The summed E-state index contributed by atoms with van der Waals surface area (Å²) in [6.45, 7) is 3.77. The molecule has 1 aromatic rings. The summed E-state index contributed by atoms with van der Waals surface area (Å²) in [5.74, 6) is 0.501. The average molecular weight is 325 g/mol. The van der Waals surface area contributed by atoms with Gasteiger partial charge in [-0.3, -0.25) is 9.69 Å². The van der Waals surface area contributed by atoms with Crippen LogP contribution in [0.1, 0.15) is 19.4 Å². The van der Waals surface area contributed by atoms with Crippen LogP contribution in [-0.2, 0) is 4.79 Å². The number of hydrogen-bond donors (Lipinski definition) is 1. The molecule has 0 aliphatic carbocycles. The Kier molecular flexibility index (Phi) is 4.61. The molecule has 0 radical (unpaired) electrons. The van der Waals surface area contributed by atoms with E-state index >= 15 is 0 Å². The Bertz CT molecular complexity index is 655. The number of halogens is 1. The fourth-order valence-corrected chi connectivity index (χ4v) is 2.23. The fraction of sp³-hybridized carbons (Fsp3) is 0.333. The first-order chi connectivity index (χ1) is 10.3. The van der Waals surface area contributed by atoms with Crippen molar-refractivity contribution in [1.29, 1.82) is 0 Å². The zero-order chi connectivity index (χ0) is 16.4. The predicted molar refractivity (Wildman–Crippen MR) is 83.0 cm³/mol. The van der Waals surface area contributed by atoms with E-state index in [9.17, 15) is 9.59 Å². The number of likely N-dealkylation sites (N-methyl/N-ethyl adjacent to an activating group) is 1. The Morgan fingerprint density at radius 3 is 2.50 bits per heavy atom. The summed E-state index contributed by atoms with van der Waals surface area (Å²) in [4.78, 5) is 24.3. The summed E-state index contributed by atoms with van der Waals surface area (Å²) in [7, 11) is 2.91. The first kappa shape index (κ1) is 16.2. The number of rotatable bonds is 4. The third-order valence-corrected chi connectivity index (χ3v) is 3.28. The van der Waals surface area contributed by atoms with Crippen molar-refractivity contribution >= 4 is 29.6 Å². The number of amides is 3. The van der Waals surface area contributed by atoms with Crippen LogP contribution in [0.2, 0.25) is 5.02 Å². The molecular formula is C15H17ClN2O4. The van der Waals surface area contributed by atoms with Gasteiger partial charge in [0, 0.05) is 7.05 Å². The molecule has 1 aromatic carbocycles. The first-order valence-electron chi connectivity index (χ1n) is 6.68. The number of hydrogen-bond acceptors (Lipinski definition) is 4. The second kappa shape index (κ2) is 6.27. The normalized spacial score (nSPS) is 16.5. The lowest BCUT2D eigenvalue weighted by molar-refractivity contribution is -0.121. The van der Waals surface area contributed by atoms with Crippen LogP contribution in [0.15, 0.2) is 17.8 Å². The average Bonchev–Trinajstić information content (AvgIpc) is 2.68. The smallest absolute Gasteiger partial charge is 0.328 e. The van der Waals surface area contributed by atoms with Gasteiger partial charge in [-0.25, -0.2) is 4.79 Å². The molecule has 3 amide bonds. The summed E-state index contributed by atoms with van der Waals surface area (Å²) < 4.78 is 10.9. The monoisotopic (exact) mass is 324 g/mol. The maximum Gasteiger partial charge on any atom is 0.328 e. The zero-order valence-electron chi connectivity index (χ0n) is 12.8. The molecule has 7 heteroatoms. The highest BCUT2D eigenvalue weighted by molar-refractivity contribution is 6.32. The van der Waals surface area contributed by atoms with Crippen LogP contribution in [0.25, 0.3) is 6.08 Å². The van der Waals surface area contributed by atoms with Gasteiger partial charge >= 0.3 is 6.03 Å². The number of nitrogens with one attached hydrogen (secondary N) is 1. The maximum atomic E-state index is 11.9. The molecule has 0 spiro atoms. The van der Waals surface area contributed by atoms with Crippen molar-refractivity contribution < 1.29 is 19.1 Å². The minimum absolute atomic E-state index is 0.0556. The molecule has 2 rings (SSSR count). The van der Waals surface area contributed by atoms with E-state index in [1.54, 1.807) is 12.1 Å². The van der Waals surface area contributed by atoms with Gasteiger partial charge in [0.25, 0.3) is 5.91 Å². The lowest BCUT2D eigenvalue weighted by atomic mass is 10.1. The molecule has 0 aromatic heterocycles. The topological polar surface area (TPSA) is 67.9 Å². The van der Waals surface area contributed by atoms with Gasteiger partial charge in [0.15, 0.2) is 11.5 Å². The second-order valence-electron chi connectivity index (χ2n) is 5.05. The van der Waals surface area contributed by atoms with Gasteiger partial charge < -0.3 is 14.8 Å². The third-order valence-electron chi connectivity index (χ3n) is 3.00. The number of imide groups is 1. The molecular weight excluding hydrogens is 308 g/mol. The van der Waals surface area contributed by atoms with Crippen molar-refractivity contribution in [3.8, 4) is 11.5 Å². The van der Waals surface area contributed by atoms with E-state index in [1.165, 1.54) is 20.2 Å². The van der Waals surface area contributed by atoms with Crippen LogP contribution in [0.5, 0.6) is 11.5 Å². The maximum absolute atomic E-state index is 11.9. The summed E-state index contributed by atoms with van der Waals surface area (Å²) in [6.07, 6.45) is 1.48. The molecule has 1 fully saturated rings. The molecule has 0 bridgehead atoms. The van der Waals surface area contributed by atoms with Crippen LogP contribution >= 0.6 is 11.6 Å². The minimum Gasteiger partial charge on any atom is -0.493 e. The van der Waals surface area contributed by atoms with E-state index in [0.717, 1.165) is 4.90 Å². The Balaban J connectivity index is 2.40. The molecule has 22 heavy (non-hydrogen) atoms. The highest BCUT2D eigenvalue weighted by Gasteiger charge is 2.30. The predicted octanol–water partition coefficient (Wildman–Crippen LogP) is 2.66. The Morgan fingerprint density at radius 2 is 2.00 bits per heavy atom. The van der Waals surface area contributed by atoms with E-state index in [-0.39, 0.29) is 11.8 Å². The Morgan fingerprint density at radius 1 is 1.32 bits per heavy atom. The standard InChI is InChI=1S/C15H17ClN2O4/c1-8(2)22-13-10(16)5-9(7-12(13)21-4)6-11-14(19)18(3)15(20)17-11/h5-8H,1-4H3,(H,17,20)/b11-6+. The number of urea groups is 1. The number of carbonyl (C=O) groups excluding carboxylic acids is 2. The van der Waals surface area contributed by atoms with E-state index in [4.69, 9.17) is 21.1 Å². The van der Waals surface area contributed by atoms with Crippen molar-refractivity contribution in [2.45, 2.75) is 20.0 Å². The number of benzene rings is 1. The van der Waals surface area contributed by atoms with E-state index in [1.807, 2.05) is 13.8 Å². The van der Waals surface area contributed by atoms with Gasteiger partial charge in [-0.05, 0) is 37.6 Å². The van der Waals surface area contributed by atoms with E-state index in [2.05, 4.69) is 5.32 Å². The van der Waals surface area contributed by atoms with Crippen LogP contribution < -0.4 is 14.8 Å². The number of methoxy groups -OCH3 is 1. The molecule has 1 N–H and O–H groups in total. The van der Waals surface area contributed by atoms with Crippen molar-refractivity contribution in [3.05, 3.63) is 28.4 Å². The van der Waals surface area contributed by atoms with Crippen LogP contribution in [0, 0.1) is 0 Å². The third kappa shape index (κ3) is 3.17. The summed E-state index contributed by atoms with van der Waals surface area (Å²) in [5.41, 5.74) is 0.806. The van der Waals surface area contributed by atoms with Crippen LogP contribution in [0.4, 0.5) is 4.79 Å². The zero-order valence-corrected chi connectivity index (χ0v) is 13.5. The van der Waals surface area contributed by atoms with E-state index < -0.39 is 11.9 Å². The van der Waals surface area contributed by atoms with Gasteiger partial charge in [-0.1, -0.05) is 11.6 Å².